The first-order valence-electron chi connectivity index (χ1n) is 9.60. The molecule has 2 N–H and O–H groups in total. The fraction of sp³-hybridized carbons (Fsp3) is 0.550. The molecule has 0 bridgehead atoms. The number of anilines is 1. The molecule has 0 radical (unpaired) electrons. The minimum atomic E-state index is -0.601. The normalized spacial score (nSPS) is 30.9. The van der Waals surface area contributed by atoms with Gasteiger partial charge in [-0.3, -0.25) is 14.6 Å². The first-order valence-corrected chi connectivity index (χ1v) is 9.60. The third-order valence-corrected chi connectivity index (χ3v) is 6.09. The van der Waals surface area contributed by atoms with Crippen LogP contribution in [0.3, 0.4) is 0 Å². The Hall–Kier alpha value is -2.37. The van der Waals surface area contributed by atoms with Crippen LogP contribution in [0.4, 0.5) is 5.69 Å². The molecule has 2 amide bonds. The van der Waals surface area contributed by atoms with E-state index < -0.39 is 11.9 Å². The average Bonchev–Trinajstić information content (AvgIpc) is 3.23. The SMILES string of the molecule is CC1CC2CCCCC2N1C(=O)C1=NN(c2ccccc2)C(C(N)=O)C1. The van der Waals surface area contributed by atoms with Crippen molar-refractivity contribution in [1.29, 1.82) is 0 Å². The minimum Gasteiger partial charge on any atom is -0.368 e. The molecular formula is C20H26N4O2. The van der Waals surface area contributed by atoms with Crippen LogP contribution in [0.15, 0.2) is 35.4 Å². The molecule has 0 aromatic heterocycles. The maximum Gasteiger partial charge on any atom is 0.270 e. The number of hydrogen-bond acceptors (Lipinski definition) is 4. The Morgan fingerprint density at radius 3 is 2.62 bits per heavy atom. The topological polar surface area (TPSA) is 79.0 Å². The van der Waals surface area contributed by atoms with Crippen LogP contribution in [0.25, 0.3) is 0 Å². The van der Waals surface area contributed by atoms with E-state index in [1.165, 1.54) is 19.3 Å². The number of benzene rings is 1. The molecule has 2 fully saturated rings. The predicted octanol–water partition coefficient (Wildman–Crippen LogP) is 2.29. The van der Waals surface area contributed by atoms with Crippen molar-refractivity contribution in [3.63, 3.8) is 0 Å². The summed E-state index contributed by atoms with van der Waals surface area (Å²) in [6, 6.07) is 9.39. The van der Waals surface area contributed by atoms with Gasteiger partial charge in [0.25, 0.3) is 5.91 Å². The van der Waals surface area contributed by atoms with Crippen molar-refractivity contribution in [3.8, 4) is 0 Å². The first-order chi connectivity index (χ1) is 12.6. The monoisotopic (exact) mass is 354 g/mol. The molecule has 6 nitrogen and oxygen atoms in total. The van der Waals surface area contributed by atoms with Crippen LogP contribution in [0.5, 0.6) is 0 Å². The van der Waals surface area contributed by atoms with E-state index in [0.29, 0.717) is 17.7 Å². The number of nitrogens with zero attached hydrogens (tertiary/aromatic N) is 3. The lowest BCUT2D eigenvalue weighted by atomic mass is 9.85. The fourth-order valence-electron chi connectivity index (χ4n) is 4.89. The minimum absolute atomic E-state index is 0.0171. The van der Waals surface area contributed by atoms with Gasteiger partial charge in [-0.1, -0.05) is 31.0 Å². The number of primary amides is 1. The summed E-state index contributed by atoms with van der Waals surface area (Å²) in [7, 11) is 0. The van der Waals surface area contributed by atoms with Crippen LogP contribution in [0.2, 0.25) is 0 Å². The van der Waals surface area contributed by atoms with E-state index in [9.17, 15) is 9.59 Å². The van der Waals surface area contributed by atoms with Gasteiger partial charge in [0.1, 0.15) is 11.8 Å². The number of hydrazone groups is 1. The van der Waals surface area contributed by atoms with Gasteiger partial charge in [-0.05, 0) is 44.2 Å². The highest BCUT2D eigenvalue weighted by Crippen LogP contribution is 2.40. The summed E-state index contributed by atoms with van der Waals surface area (Å²) in [6.45, 7) is 2.13. The predicted molar refractivity (Wildman–Crippen MR) is 101 cm³/mol. The molecule has 26 heavy (non-hydrogen) atoms. The molecule has 0 spiro atoms. The molecule has 2 aliphatic heterocycles. The lowest BCUT2D eigenvalue weighted by Gasteiger charge is -2.33. The summed E-state index contributed by atoms with van der Waals surface area (Å²) in [4.78, 5) is 27.3. The molecule has 2 heterocycles. The number of para-hydroxylation sites is 1. The molecule has 1 saturated carbocycles. The number of fused-ring (bicyclic) bond motifs is 1. The zero-order valence-electron chi connectivity index (χ0n) is 15.2. The third kappa shape index (κ3) is 2.87. The van der Waals surface area contributed by atoms with Crippen LogP contribution < -0.4 is 10.7 Å². The zero-order chi connectivity index (χ0) is 18.3. The maximum absolute atomic E-state index is 13.3. The summed E-state index contributed by atoms with van der Waals surface area (Å²) < 4.78 is 0. The largest absolute Gasteiger partial charge is 0.368 e. The van der Waals surface area contributed by atoms with E-state index in [0.717, 1.165) is 18.5 Å². The van der Waals surface area contributed by atoms with Gasteiger partial charge >= 0.3 is 0 Å². The summed E-state index contributed by atoms with van der Waals surface area (Å²) in [5, 5.41) is 6.14. The highest BCUT2D eigenvalue weighted by atomic mass is 16.2. The second-order valence-corrected chi connectivity index (χ2v) is 7.76. The lowest BCUT2D eigenvalue weighted by Crippen LogP contribution is -2.46. The molecule has 1 aromatic carbocycles. The quantitative estimate of drug-likeness (QED) is 0.904. The summed E-state index contributed by atoms with van der Waals surface area (Å²) in [5.41, 5.74) is 6.83. The van der Waals surface area contributed by atoms with Crippen LogP contribution in [-0.4, -0.2) is 40.6 Å². The van der Waals surface area contributed by atoms with Gasteiger partial charge < -0.3 is 10.6 Å². The van der Waals surface area contributed by atoms with E-state index in [1.54, 1.807) is 5.01 Å². The summed E-state index contributed by atoms with van der Waals surface area (Å²) >= 11 is 0. The second kappa shape index (κ2) is 6.74. The Morgan fingerprint density at radius 2 is 1.88 bits per heavy atom. The van der Waals surface area contributed by atoms with Crippen molar-refractivity contribution in [2.24, 2.45) is 16.8 Å². The van der Waals surface area contributed by atoms with Gasteiger partial charge in [0.05, 0.1) is 5.69 Å². The van der Waals surface area contributed by atoms with Gasteiger partial charge in [-0.25, -0.2) is 0 Å². The number of amides is 2. The molecule has 1 aliphatic carbocycles. The highest BCUT2D eigenvalue weighted by molar-refractivity contribution is 6.40. The Balaban J connectivity index is 1.60. The van der Waals surface area contributed by atoms with Gasteiger partial charge in [0.15, 0.2) is 0 Å². The lowest BCUT2D eigenvalue weighted by molar-refractivity contribution is -0.127. The van der Waals surface area contributed by atoms with Crippen molar-refractivity contribution in [2.75, 3.05) is 5.01 Å². The molecule has 6 heteroatoms. The molecule has 1 saturated heterocycles. The van der Waals surface area contributed by atoms with E-state index >= 15 is 0 Å². The van der Waals surface area contributed by atoms with E-state index in [1.807, 2.05) is 35.2 Å². The van der Waals surface area contributed by atoms with Gasteiger partial charge in [0, 0.05) is 18.5 Å². The molecular weight excluding hydrogens is 328 g/mol. The molecule has 4 atom stereocenters. The number of carbonyl (C=O) groups is 2. The smallest absolute Gasteiger partial charge is 0.270 e. The molecule has 4 unspecified atom stereocenters. The second-order valence-electron chi connectivity index (χ2n) is 7.76. The van der Waals surface area contributed by atoms with Crippen LogP contribution in [-0.2, 0) is 9.59 Å². The van der Waals surface area contributed by atoms with Crippen LogP contribution >= 0.6 is 0 Å². The van der Waals surface area contributed by atoms with E-state index in [-0.39, 0.29) is 18.4 Å². The number of carbonyl (C=O) groups excluding carboxylic acids is 2. The zero-order valence-corrected chi connectivity index (χ0v) is 15.2. The Morgan fingerprint density at radius 1 is 1.15 bits per heavy atom. The van der Waals surface area contributed by atoms with Crippen molar-refractivity contribution >= 4 is 23.2 Å². The van der Waals surface area contributed by atoms with Gasteiger partial charge in [-0.15, -0.1) is 0 Å². The molecule has 138 valence electrons. The highest BCUT2D eigenvalue weighted by Gasteiger charge is 2.45. The summed E-state index contributed by atoms with van der Waals surface area (Å²) in [5.74, 6) is 0.142. The van der Waals surface area contributed by atoms with Crippen molar-refractivity contribution < 1.29 is 9.59 Å². The molecule has 1 aromatic rings. The van der Waals surface area contributed by atoms with Crippen LogP contribution in [0.1, 0.15) is 45.4 Å². The standard InChI is InChI=1S/C20H26N4O2/c1-13-11-14-7-5-6-10-17(14)23(13)20(26)16-12-18(19(21)25)24(22-16)15-8-3-2-4-9-15/h2-4,8-9,13-14,17-18H,5-7,10-12H2,1H3,(H2,21,25). The number of hydrogen-bond donors (Lipinski definition) is 1. The number of likely N-dealkylation sites (tertiary alicyclic amines) is 1. The third-order valence-electron chi connectivity index (χ3n) is 6.09. The number of nitrogens with two attached hydrogens (primary N) is 1. The average molecular weight is 354 g/mol. The van der Waals surface area contributed by atoms with E-state index in [2.05, 4.69) is 12.0 Å². The van der Waals surface area contributed by atoms with Crippen molar-refractivity contribution in [2.45, 2.75) is 63.6 Å². The van der Waals surface area contributed by atoms with Gasteiger partial charge in [0.2, 0.25) is 5.91 Å². The van der Waals surface area contributed by atoms with E-state index in [4.69, 9.17) is 5.73 Å². The maximum atomic E-state index is 13.3. The fourth-order valence-corrected chi connectivity index (χ4v) is 4.89. The van der Waals surface area contributed by atoms with Crippen molar-refractivity contribution in [1.82, 2.24) is 4.90 Å². The molecule has 3 aliphatic rings. The first kappa shape index (κ1) is 17.1. The number of rotatable bonds is 3. The van der Waals surface area contributed by atoms with Crippen molar-refractivity contribution in [3.05, 3.63) is 30.3 Å². The summed E-state index contributed by atoms with van der Waals surface area (Å²) in [6.07, 6.45) is 6.10. The van der Waals surface area contributed by atoms with Gasteiger partial charge in [-0.2, -0.15) is 5.10 Å². The Labute approximate surface area is 154 Å². The Kier molecular flexibility index (Phi) is 4.42. The van der Waals surface area contributed by atoms with Crippen LogP contribution in [0, 0.1) is 5.92 Å². The Bertz CT molecular complexity index is 733. The molecule has 4 rings (SSSR count).